The summed E-state index contributed by atoms with van der Waals surface area (Å²) >= 11 is 0. The highest BCUT2D eigenvalue weighted by molar-refractivity contribution is 6.04. The molecule has 0 aliphatic heterocycles. The Morgan fingerprint density at radius 2 is 1.77 bits per heavy atom. The number of nitrogens with one attached hydrogen (secondary N) is 2. The summed E-state index contributed by atoms with van der Waals surface area (Å²) in [7, 11) is 1.88. The number of ether oxygens (including phenoxy) is 1. The molecule has 9 nitrogen and oxygen atoms in total. The van der Waals surface area contributed by atoms with E-state index in [1.54, 1.807) is 60.5 Å². The van der Waals surface area contributed by atoms with Crippen molar-refractivity contribution in [3.8, 4) is 28.3 Å². The van der Waals surface area contributed by atoms with Crippen LogP contribution in [0.5, 0.6) is 11.5 Å². The molecule has 0 atom stereocenters. The number of aryl methyl sites for hydroxylation is 2. The summed E-state index contributed by atoms with van der Waals surface area (Å²) in [5.41, 5.74) is 3.71. The lowest BCUT2D eigenvalue weighted by molar-refractivity contribution is 0.102. The maximum atomic E-state index is 13.4. The molecule has 0 saturated heterocycles. The van der Waals surface area contributed by atoms with Gasteiger partial charge in [-0.3, -0.25) is 23.9 Å². The zero-order valence-electron chi connectivity index (χ0n) is 21.6. The Morgan fingerprint density at radius 3 is 2.50 bits per heavy atom. The molecule has 40 heavy (non-hydrogen) atoms. The first-order chi connectivity index (χ1) is 19.4. The van der Waals surface area contributed by atoms with Crippen molar-refractivity contribution in [3.05, 3.63) is 119 Å². The van der Waals surface area contributed by atoms with Gasteiger partial charge in [-0.05, 0) is 79.7 Å². The summed E-state index contributed by atoms with van der Waals surface area (Å²) in [5, 5.41) is 14.9. The Balaban J connectivity index is 1.24. The lowest BCUT2D eigenvalue weighted by atomic mass is 10.1. The average Bonchev–Trinajstić information content (AvgIpc) is 3.60. The molecule has 2 N–H and O–H groups in total. The first kappa shape index (κ1) is 24.8. The third kappa shape index (κ3) is 4.62. The third-order valence-corrected chi connectivity index (χ3v) is 6.60. The average molecular weight is 535 g/mol. The van der Waals surface area contributed by atoms with Gasteiger partial charge in [0.25, 0.3) is 11.5 Å². The SMILES string of the molecule is Cc1ccc(C(=O)Nc2ccc(Oc3cc4cnn(C)c4cc3-c3cn[nH]c3)cc2)c(=O)n1-c1ccc(F)cc1. The van der Waals surface area contributed by atoms with Gasteiger partial charge in [0.1, 0.15) is 22.9 Å². The third-order valence-electron chi connectivity index (χ3n) is 6.60. The molecule has 6 aromatic rings. The number of hydrogen-bond donors (Lipinski definition) is 2. The van der Waals surface area contributed by atoms with E-state index in [2.05, 4.69) is 20.6 Å². The molecule has 0 aliphatic carbocycles. The second-order valence-electron chi connectivity index (χ2n) is 9.25. The van der Waals surface area contributed by atoms with Crippen LogP contribution in [0.4, 0.5) is 10.1 Å². The van der Waals surface area contributed by atoms with Crippen LogP contribution < -0.4 is 15.6 Å². The highest BCUT2D eigenvalue weighted by Crippen LogP contribution is 2.36. The number of halogens is 1. The van der Waals surface area contributed by atoms with Crippen molar-refractivity contribution < 1.29 is 13.9 Å². The minimum Gasteiger partial charge on any atom is -0.457 e. The van der Waals surface area contributed by atoms with Crippen LogP contribution in [0.15, 0.2) is 96.2 Å². The van der Waals surface area contributed by atoms with Crippen LogP contribution in [-0.2, 0) is 7.05 Å². The molecule has 3 heterocycles. The number of benzene rings is 3. The van der Waals surface area contributed by atoms with Crippen molar-refractivity contribution in [2.45, 2.75) is 6.92 Å². The molecule has 1 amide bonds. The molecular weight excluding hydrogens is 511 g/mol. The smallest absolute Gasteiger partial charge is 0.268 e. The molecule has 3 aromatic carbocycles. The summed E-state index contributed by atoms with van der Waals surface area (Å²) in [4.78, 5) is 26.2. The van der Waals surface area contributed by atoms with E-state index in [1.807, 2.05) is 19.2 Å². The first-order valence-corrected chi connectivity index (χ1v) is 12.4. The maximum Gasteiger partial charge on any atom is 0.268 e. The Labute approximate surface area is 227 Å². The first-order valence-electron chi connectivity index (χ1n) is 12.4. The van der Waals surface area contributed by atoms with Gasteiger partial charge in [0.2, 0.25) is 0 Å². The van der Waals surface area contributed by atoms with E-state index in [-0.39, 0.29) is 5.56 Å². The topological polar surface area (TPSA) is 107 Å². The van der Waals surface area contributed by atoms with Crippen LogP contribution in [0.3, 0.4) is 0 Å². The standard InChI is InChI=1S/C30H23FN6O3/c1-18-3-12-25(30(39)37(18)23-8-4-21(31)5-9-23)29(38)35-22-6-10-24(11-7-22)40-28-13-19-17-34-36(2)27(19)14-26(28)20-15-32-33-16-20/h3-17H,1-2H3,(H,32,33)(H,35,38). The zero-order chi connectivity index (χ0) is 27.8. The largest absolute Gasteiger partial charge is 0.457 e. The lowest BCUT2D eigenvalue weighted by Gasteiger charge is -2.13. The molecule has 198 valence electrons. The fourth-order valence-electron chi connectivity index (χ4n) is 4.53. The minimum atomic E-state index is -0.557. The van der Waals surface area contributed by atoms with Crippen LogP contribution in [0.2, 0.25) is 0 Å². The number of pyridine rings is 1. The maximum absolute atomic E-state index is 13.4. The number of aromatic nitrogens is 5. The number of H-pyrrole nitrogens is 1. The predicted molar refractivity (Wildman–Crippen MR) is 149 cm³/mol. The van der Waals surface area contributed by atoms with E-state index in [9.17, 15) is 14.0 Å². The number of nitrogens with zero attached hydrogens (tertiary/aromatic N) is 4. The summed E-state index contributed by atoms with van der Waals surface area (Å²) < 4.78 is 22.8. The van der Waals surface area contributed by atoms with Gasteiger partial charge in [-0.1, -0.05) is 0 Å². The number of carbonyl (C=O) groups is 1. The van der Waals surface area contributed by atoms with Crippen molar-refractivity contribution in [3.63, 3.8) is 0 Å². The summed E-state index contributed by atoms with van der Waals surface area (Å²) in [6.07, 6.45) is 5.28. The van der Waals surface area contributed by atoms with Crippen molar-refractivity contribution in [2.24, 2.45) is 7.05 Å². The van der Waals surface area contributed by atoms with Crippen LogP contribution in [0.1, 0.15) is 16.1 Å². The monoisotopic (exact) mass is 534 g/mol. The van der Waals surface area contributed by atoms with E-state index in [0.717, 1.165) is 22.0 Å². The summed E-state index contributed by atoms with van der Waals surface area (Å²) in [6.45, 7) is 1.75. The van der Waals surface area contributed by atoms with Crippen molar-refractivity contribution in [2.75, 3.05) is 5.32 Å². The van der Waals surface area contributed by atoms with E-state index in [0.29, 0.717) is 28.6 Å². The molecule has 0 saturated carbocycles. The van der Waals surface area contributed by atoms with E-state index < -0.39 is 17.3 Å². The van der Waals surface area contributed by atoms with Crippen LogP contribution in [-0.4, -0.2) is 30.5 Å². The summed E-state index contributed by atoms with van der Waals surface area (Å²) in [6, 6.07) is 19.4. The van der Waals surface area contributed by atoms with Crippen LogP contribution in [0, 0.1) is 12.7 Å². The van der Waals surface area contributed by atoms with Crippen LogP contribution in [0.25, 0.3) is 27.7 Å². The number of fused-ring (bicyclic) bond motifs is 1. The normalized spacial score (nSPS) is 11.1. The van der Waals surface area contributed by atoms with E-state index >= 15 is 0 Å². The number of amides is 1. The zero-order valence-corrected chi connectivity index (χ0v) is 21.6. The Hall–Kier alpha value is -5.51. The molecule has 0 aliphatic rings. The quantitative estimate of drug-likeness (QED) is 0.289. The molecule has 6 rings (SSSR count). The molecule has 0 fully saturated rings. The number of anilines is 1. The summed E-state index contributed by atoms with van der Waals surface area (Å²) in [5.74, 6) is 0.213. The molecule has 10 heteroatoms. The van der Waals surface area contributed by atoms with Gasteiger partial charge in [0, 0.05) is 46.8 Å². The van der Waals surface area contributed by atoms with Gasteiger partial charge in [-0.25, -0.2) is 4.39 Å². The van der Waals surface area contributed by atoms with Gasteiger partial charge in [0.15, 0.2) is 0 Å². The molecule has 3 aromatic heterocycles. The highest BCUT2D eigenvalue weighted by Gasteiger charge is 2.16. The van der Waals surface area contributed by atoms with Gasteiger partial charge >= 0.3 is 0 Å². The predicted octanol–water partition coefficient (Wildman–Crippen LogP) is 5.61. The molecular formula is C30H23FN6O3. The fraction of sp³-hybridized carbons (Fsp3) is 0.0667. The van der Waals surface area contributed by atoms with E-state index in [4.69, 9.17) is 4.74 Å². The molecule has 0 spiro atoms. The molecule has 0 bridgehead atoms. The van der Waals surface area contributed by atoms with Gasteiger partial charge in [-0.15, -0.1) is 0 Å². The second kappa shape index (κ2) is 9.99. The van der Waals surface area contributed by atoms with Gasteiger partial charge < -0.3 is 10.1 Å². The van der Waals surface area contributed by atoms with Gasteiger partial charge in [-0.2, -0.15) is 10.2 Å². The minimum absolute atomic E-state index is 0.0372. The number of hydrogen-bond acceptors (Lipinski definition) is 5. The van der Waals surface area contributed by atoms with Crippen molar-refractivity contribution >= 4 is 22.5 Å². The number of carbonyl (C=O) groups excluding carboxylic acids is 1. The van der Waals surface area contributed by atoms with Gasteiger partial charge in [0.05, 0.1) is 17.9 Å². The lowest BCUT2D eigenvalue weighted by Crippen LogP contribution is -2.29. The van der Waals surface area contributed by atoms with E-state index in [1.165, 1.54) is 34.9 Å². The van der Waals surface area contributed by atoms with Crippen molar-refractivity contribution in [1.82, 2.24) is 24.5 Å². The highest BCUT2D eigenvalue weighted by atomic mass is 19.1. The number of rotatable bonds is 6. The Bertz CT molecular complexity index is 1910. The van der Waals surface area contributed by atoms with Crippen LogP contribution >= 0.6 is 0 Å². The number of aromatic amines is 1. The fourth-order valence-corrected chi connectivity index (χ4v) is 4.53. The second-order valence-corrected chi connectivity index (χ2v) is 9.25. The molecule has 0 radical (unpaired) electrons. The molecule has 0 unspecified atom stereocenters. The Kier molecular flexibility index (Phi) is 6.19. The van der Waals surface area contributed by atoms with Crippen molar-refractivity contribution in [1.29, 1.82) is 0 Å². The Morgan fingerprint density at radius 1 is 1.00 bits per heavy atom.